The zero-order valence-corrected chi connectivity index (χ0v) is 14.5. The van der Waals surface area contributed by atoms with E-state index in [0.29, 0.717) is 13.1 Å². The highest BCUT2D eigenvalue weighted by atomic mass is 16.2. The van der Waals surface area contributed by atoms with Crippen molar-refractivity contribution in [2.45, 2.75) is 13.5 Å². The van der Waals surface area contributed by atoms with Crippen molar-refractivity contribution in [1.29, 1.82) is 0 Å². The highest BCUT2D eigenvalue weighted by Crippen LogP contribution is 2.20. The lowest BCUT2D eigenvalue weighted by molar-refractivity contribution is -0.119. The van der Waals surface area contributed by atoms with Crippen LogP contribution in [0.15, 0.2) is 48.7 Å². The van der Waals surface area contributed by atoms with E-state index in [1.54, 1.807) is 6.20 Å². The number of benzene rings is 1. The Bertz CT molecular complexity index is 688. The molecule has 0 aliphatic heterocycles. The van der Waals surface area contributed by atoms with Crippen molar-refractivity contribution in [3.05, 3.63) is 54.2 Å². The van der Waals surface area contributed by atoms with E-state index in [1.807, 2.05) is 61.3 Å². The van der Waals surface area contributed by atoms with E-state index >= 15 is 0 Å². The van der Waals surface area contributed by atoms with E-state index in [-0.39, 0.29) is 12.5 Å². The molecule has 3 N–H and O–H groups in total. The third kappa shape index (κ3) is 5.80. The number of para-hydroxylation sites is 1. The van der Waals surface area contributed by atoms with Gasteiger partial charge in [0.1, 0.15) is 5.82 Å². The van der Waals surface area contributed by atoms with Crippen molar-refractivity contribution >= 4 is 23.4 Å². The number of hydrogen-bond acceptors (Lipinski definition) is 4. The second-order valence-electron chi connectivity index (χ2n) is 5.41. The molecule has 2 aromatic rings. The van der Waals surface area contributed by atoms with Crippen LogP contribution in [0.4, 0.5) is 16.3 Å². The van der Waals surface area contributed by atoms with Gasteiger partial charge in [0.25, 0.3) is 0 Å². The number of carbonyl (C=O) groups is 2. The van der Waals surface area contributed by atoms with Crippen LogP contribution in [0.5, 0.6) is 0 Å². The number of carbonyl (C=O) groups excluding carboxylic acids is 2. The summed E-state index contributed by atoms with van der Waals surface area (Å²) >= 11 is 0. The van der Waals surface area contributed by atoms with Gasteiger partial charge in [-0.05, 0) is 30.7 Å². The highest BCUT2D eigenvalue weighted by molar-refractivity contribution is 5.83. The Hall–Kier alpha value is -3.09. The van der Waals surface area contributed by atoms with Gasteiger partial charge in [-0.2, -0.15) is 0 Å². The fourth-order valence-electron chi connectivity index (χ4n) is 2.17. The number of hydrogen-bond donors (Lipinski definition) is 3. The third-order valence-corrected chi connectivity index (χ3v) is 3.53. The van der Waals surface area contributed by atoms with E-state index in [0.717, 1.165) is 17.1 Å². The molecule has 0 saturated carbocycles. The first-order valence-corrected chi connectivity index (χ1v) is 8.12. The number of likely N-dealkylation sites (N-methyl/N-ethyl adjacent to an activating group) is 1. The molecule has 0 aliphatic rings. The van der Waals surface area contributed by atoms with Crippen LogP contribution >= 0.6 is 0 Å². The van der Waals surface area contributed by atoms with Gasteiger partial charge in [0.05, 0.1) is 6.54 Å². The number of rotatable bonds is 7. The Balaban J connectivity index is 1.82. The predicted molar refractivity (Wildman–Crippen MR) is 97.7 cm³/mol. The Kier molecular flexibility index (Phi) is 6.76. The minimum Gasteiger partial charge on any atom is -0.355 e. The Morgan fingerprint density at radius 2 is 1.80 bits per heavy atom. The summed E-state index contributed by atoms with van der Waals surface area (Å²) in [5.41, 5.74) is 1.92. The second-order valence-corrected chi connectivity index (χ2v) is 5.41. The van der Waals surface area contributed by atoms with Crippen molar-refractivity contribution in [3.63, 3.8) is 0 Å². The Labute approximate surface area is 147 Å². The molecule has 7 nitrogen and oxygen atoms in total. The third-order valence-electron chi connectivity index (χ3n) is 3.53. The molecule has 0 spiro atoms. The maximum Gasteiger partial charge on any atom is 0.315 e. The minimum atomic E-state index is -0.392. The van der Waals surface area contributed by atoms with Crippen LogP contribution in [0.2, 0.25) is 0 Å². The van der Waals surface area contributed by atoms with E-state index < -0.39 is 6.03 Å². The van der Waals surface area contributed by atoms with Gasteiger partial charge in [-0.3, -0.25) is 4.79 Å². The molecule has 3 amide bonds. The summed E-state index contributed by atoms with van der Waals surface area (Å²) in [6.45, 7) is 2.66. The molecule has 2 rings (SSSR count). The molecule has 0 saturated heterocycles. The first-order chi connectivity index (χ1) is 12.1. The minimum absolute atomic E-state index is 0.0429. The van der Waals surface area contributed by atoms with Crippen LogP contribution < -0.4 is 20.9 Å². The average molecular weight is 341 g/mol. The summed E-state index contributed by atoms with van der Waals surface area (Å²) in [7, 11) is 1.95. The SMILES string of the molecule is CCNC(=O)CNC(=O)NCc1ccc(N(C)c2ccccc2)nc1. The molecule has 0 atom stereocenters. The molecular weight excluding hydrogens is 318 g/mol. The first-order valence-electron chi connectivity index (χ1n) is 8.12. The number of anilines is 2. The van der Waals surface area contributed by atoms with E-state index in [9.17, 15) is 9.59 Å². The van der Waals surface area contributed by atoms with Crippen molar-refractivity contribution < 1.29 is 9.59 Å². The number of nitrogens with one attached hydrogen (secondary N) is 3. The fourth-order valence-corrected chi connectivity index (χ4v) is 2.17. The van der Waals surface area contributed by atoms with E-state index in [2.05, 4.69) is 20.9 Å². The molecule has 0 unspecified atom stereocenters. The standard InChI is InChI=1S/C18H23N5O2/c1-3-19-17(24)13-22-18(25)21-12-14-9-10-16(20-11-14)23(2)15-7-5-4-6-8-15/h4-11H,3,12-13H2,1-2H3,(H,19,24)(H2,21,22,25). The largest absolute Gasteiger partial charge is 0.355 e. The van der Waals surface area contributed by atoms with Gasteiger partial charge in [0, 0.05) is 32.0 Å². The molecule has 0 fully saturated rings. The molecule has 25 heavy (non-hydrogen) atoms. The molecule has 0 aliphatic carbocycles. The van der Waals surface area contributed by atoms with Crippen molar-refractivity contribution in [1.82, 2.24) is 20.9 Å². The number of nitrogens with zero attached hydrogens (tertiary/aromatic N) is 2. The molecular formula is C18H23N5O2. The van der Waals surface area contributed by atoms with E-state index in [1.165, 1.54) is 0 Å². The van der Waals surface area contributed by atoms with Crippen LogP contribution in [0.3, 0.4) is 0 Å². The number of amides is 3. The topological polar surface area (TPSA) is 86.4 Å². The molecule has 1 heterocycles. The monoisotopic (exact) mass is 341 g/mol. The second kappa shape index (κ2) is 9.27. The average Bonchev–Trinajstić information content (AvgIpc) is 2.65. The van der Waals surface area contributed by atoms with Crippen LogP contribution in [-0.4, -0.2) is 37.1 Å². The van der Waals surface area contributed by atoms with Gasteiger partial charge in [0.15, 0.2) is 0 Å². The van der Waals surface area contributed by atoms with E-state index in [4.69, 9.17) is 0 Å². The van der Waals surface area contributed by atoms with Gasteiger partial charge in [0.2, 0.25) is 5.91 Å². The molecule has 1 aromatic carbocycles. The lowest BCUT2D eigenvalue weighted by Gasteiger charge is -2.18. The quantitative estimate of drug-likeness (QED) is 0.716. The van der Waals surface area contributed by atoms with Crippen LogP contribution in [0.1, 0.15) is 12.5 Å². The Morgan fingerprint density at radius 1 is 1.04 bits per heavy atom. The summed E-state index contributed by atoms with van der Waals surface area (Å²) in [5.74, 6) is 0.600. The maximum atomic E-state index is 11.7. The predicted octanol–water partition coefficient (Wildman–Crippen LogP) is 1.78. The molecule has 132 valence electrons. The van der Waals surface area contributed by atoms with Crippen LogP contribution in [0.25, 0.3) is 0 Å². The number of aromatic nitrogens is 1. The van der Waals surface area contributed by atoms with Crippen molar-refractivity contribution in [2.24, 2.45) is 0 Å². The summed E-state index contributed by atoms with van der Waals surface area (Å²) in [4.78, 5) is 29.3. The fraction of sp³-hybridized carbons (Fsp3) is 0.278. The zero-order chi connectivity index (χ0) is 18.1. The van der Waals surface area contributed by atoms with Crippen LogP contribution in [-0.2, 0) is 11.3 Å². The summed E-state index contributed by atoms with van der Waals surface area (Å²) in [6.07, 6.45) is 1.72. The summed E-state index contributed by atoms with van der Waals surface area (Å²) in [5, 5.41) is 7.80. The normalized spacial score (nSPS) is 10.0. The van der Waals surface area contributed by atoms with Crippen molar-refractivity contribution in [2.75, 3.05) is 25.0 Å². The van der Waals surface area contributed by atoms with Gasteiger partial charge in [-0.1, -0.05) is 24.3 Å². The maximum absolute atomic E-state index is 11.7. The molecule has 0 radical (unpaired) electrons. The zero-order valence-electron chi connectivity index (χ0n) is 14.5. The summed E-state index contributed by atoms with van der Waals surface area (Å²) in [6, 6.07) is 13.4. The number of urea groups is 1. The van der Waals surface area contributed by atoms with Gasteiger partial charge >= 0.3 is 6.03 Å². The van der Waals surface area contributed by atoms with Gasteiger partial charge in [-0.15, -0.1) is 0 Å². The van der Waals surface area contributed by atoms with Gasteiger partial charge in [-0.25, -0.2) is 9.78 Å². The number of pyridine rings is 1. The van der Waals surface area contributed by atoms with Crippen molar-refractivity contribution in [3.8, 4) is 0 Å². The van der Waals surface area contributed by atoms with Crippen LogP contribution in [0, 0.1) is 0 Å². The smallest absolute Gasteiger partial charge is 0.315 e. The first kappa shape index (κ1) is 18.3. The molecule has 7 heteroatoms. The van der Waals surface area contributed by atoms with Gasteiger partial charge < -0.3 is 20.9 Å². The highest BCUT2D eigenvalue weighted by Gasteiger charge is 2.06. The lowest BCUT2D eigenvalue weighted by atomic mass is 10.2. The lowest BCUT2D eigenvalue weighted by Crippen LogP contribution is -2.41. The summed E-state index contributed by atoms with van der Waals surface area (Å²) < 4.78 is 0. The Morgan fingerprint density at radius 3 is 2.44 bits per heavy atom. The molecule has 0 bridgehead atoms. The molecule has 1 aromatic heterocycles.